The molecule has 0 radical (unpaired) electrons. The molecule has 0 heterocycles. The lowest BCUT2D eigenvalue weighted by Gasteiger charge is -2.32. The van der Waals surface area contributed by atoms with Crippen molar-refractivity contribution in [2.24, 2.45) is 28.5 Å². The van der Waals surface area contributed by atoms with Gasteiger partial charge >= 0.3 is 0 Å². The highest BCUT2D eigenvalue weighted by molar-refractivity contribution is 5.85. The van der Waals surface area contributed by atoms with Gasteiger partial charge in [0.25, 0.3) is 0 Å². The van der Waals surface area contributed by atoms with E-state index in [4.69, 9.17) is 10.7 Å². The molecule has 2 rings (SSSR count). The van der Waals surface area contributed by atoms with Gasteiger partial charge in [0.1, 0.15) is 0 Å². The summed E-state index contributed by atoms with van der Waals surface area (Å²) in [6.07, 6.45) is 7.89. The summed E-state index contributed by atoms with van der Waals surface area (Å²) >= 11 is 0. The van der Waals surface area contributed by atoms with Crippen molar-refractivity contribution < 1.29 is 0 Å². The van der Waals surface area contributed by atoms with Gasteiger partial charge in [-0.2, -0.15) is 0 Å². The van der Waals surface area contributed by atoms with Crippen molar-refractivity contribution in [3.05, 3.63) is 0 Å². The third kappa shape index (κ3) is 2.73. The van der Waals surface area contributed by atoms with E-state index in [9.17, 15) is 0 Å². The number of hydrogen-bond donors (Lipinski definition) is 1. The molecular weight excluding hydrogens is 184 g/mol. The molecule has 2 unspecified atom stereocenters. The predicted octanol–water partition coefficient (Wildman–Crippen LogP) is 2.97. The second-order valence-corrected chi connectivity index (χ2v) is 5.59. The van der Waals surface area contributed by atoms with Crippen LogP contribution in [-0.2, 0) is 0 Å². The van der Waals surface area contributed by atoms with Crippen molar-refractivity contribution in [3.63, 3.8) is 0 Å². The second-order valence-electron chi connectivity index (χ2n) is 5.59. The quantitative estimate of drug-likeness (QED) is 0.562. The first-order valence-corrected chi connectivity index (χ1v) is 6.51. The molecule has 0 amide bonds. The zero-order chi connectivity index (χ0) is 10.8. The molecule has 15 heavy (non-hydrogen) atoms. The zero-order valence-corrected chi connectivity index (χ0v) is 10.1. The van der Waals surface area contributed by atoms with Crippen molar-refractivity contribution >= 4 is 5.84 Å². The molecule has 2 fully saturated rings. The first-order chi connectivity index (χ1) is 7.18. The molecule has 0 bridgehead atoms. The Morgan fingerprint density at radius 1 is 1.13 bits per heavy atom. The maximum Gasteiger partial charge on any atom is 0.0971 e. The normalized spacial score (nSPS) is 33.4. The van der Waals surface area contributed by atoms with Crippen LogP contribution in [0, 0.1) is 17.8 Å². The van der Waals surface area contributed by atoms with Crippen LogP contribution >= 0.6 is 0 Å². The van der Waals surface area contributed by atoms with Crippen LogP contribution in [0.5, 0.6) is 0 Å². The summed E-state index contributed by atoms with van der Waals surface area (Å²) in [7, 11) is 0. The minimum Gasteiger partial charge on any atom is -0.387 e. The summed E-state index contributed by atoms with van der Waals surface area (Å²) < 4.78 is 0. The molecule has 2 saturated carbocycles. The van der Waals surface area contributed by atoms with Gasteiger partial charge in [-0.3, -0.25) is 4.99 Å². The Labute approximate surface area is 93.3 Å². The van der Waals surface area contributed by atoms with E-state index in [0.717, 1.165) is 17.7 Å². The average Bonchev–Trinajstić information content (AvgIpc) is 3.01. The van der Waals surface area contributed by atoms with Crippen molar-refractivity contribution in [2.75, 3.05) is 0 Å². The zero-order valence-electron chi connectivity index (χ0n) is 10.1. The summed E-state index contributed by atoms with van der Waals surface area (Å²) in [5, 5.41) is 0. The number of nitrogens with zero attached hydrogens (tertiary/aromatic N) is 1. The number of amidine groups is 1. The van der Waals surface area contributed by atoms with Crippen molar-refractivity contribution in [1.29, 1.82) is 0 Å². The fourth-order valence-electron chi connectivity index (χ4n) is 2.75. The molecule has 0 aromatic carbocycles. The van der Waals surface area contributed by atoms with Gasteiger partial charge in [-0.1, -0.05) is 26.7 Å². The van der Waals surface area contributed by atoms with Crippen molar-refractivity contribution in [2.45, 2.75) is 58.4 Å². The second kappa shape index (κ2) is 4.54. The lowest BCUT2D eigenvalue weighted by Crippen LogP contribution is -2.30. The molecule has 2 heteroatoms. The Morgan fingerprint density at radius 3 is 2.40 bits per heavy atom. The van der Waals surface area contributed by atoms with E-state index >= 15 is 0 Å². The highest BCUT2D eigenvalue weighted by atomic mass is 14.9. The molecule has 0 saturated heterocycles. The van der Waals surface area contributed by atoms with Crippen LogP contribution in [0.15, 0.2) is 4.99 Å². The van der Waals surface area contributed by atoms with Gasteiger partial charge in [0.15, 0.2) is 0 Å². The molecule has 2 atom stereocenters. The van der Waals surface area contributed by atoms with Gasteiger partial charge in [0, 0.05) is 5.92 Å². The van der Waals surface area contributed by atoms with Gasteiger partial charge < -0.3 is 5.73 Å². The maximum atomic E-state index is 6.02. The average molecular weight is 208 g/mol. The van der Waals surface area contributed by atoms with E-state index in [1.165, 1.54) is 38.5 Å². The molecule has 0 spiro atoms. The van der Waals surface area contributed by atoms with Crippen LogP contribution in [0.2, 0.25) is 0 Å². The van der Waals surface area contributed by atoms with Crippen molar-refractivity contribution in [3.8, 4) is 0 Å². The molecule has 2 N–H and O–H groups in total. The highest BCUT2D eigenvalue weighted by Crippen LogP contribution is 2.34. The van der Waals surface area contributed by atoms with Gasteiger partial charge in [0.2, 0.25) is 0 Å². The topological polar surface area (TPSA) is 38.4 Å². The molecular formula is C13H24N2. The lowest BCUT2D eigenvalue weighted by molar-refractivity contribution is 0.241. The van der Waals surface area contributed by atoms with Gasteiger partial charge in [0.05, 0.1) is 11.9 Å². The molecule has 0 aromatic heterocycles. The number of aliphatic imine (C=N–C) groups is 1. The first kappa shape index (κ1) is 11.0. The molecule has 0 aliphatic heterocycles. The van der Waals surface area contributed by atoms with E-state index in [1.807, 2.05) is 0 Å². The molecule has 0 aromatic rings. The largest absolute Gasteiger partial charge is 0.387 e. The number of rotatable bonds is 3. The van der Waals surface area contributed by atoms with E-state index in [2.05, 4.69) is 13.8 Å². The van der Waals surface area contributed by atoms with E-state index < -0.39 is 0 Å². The first-order valence-electron chi connectivity index (χ1n) is 6.51. The van der Waals surface area contributed by atoms with Gasteiger partial charge in [-0.05, 0) is 37.5 Å². The summed E-state index contributed by atoms with van der Waals surface area (Å²) in [5.41, 5.74) is 6.02. The fourth-order valence-corrected chi connectivity index (χ4v) is 2.75. The SMILES string of the molecule is CC(C)C1CCCCC1N=C(N)C1CC1. The summed E-state index contributed by atoms with van der Waals surface area (Å²) in [4.78, 5) is 4.80. The smallest absolute Gasteiger partial charge is 0.0971 e. The standard InChI is InChI=1S/C13H24N2/c1-9(2)11-5-3-4-6-12(11)15-13(14)10-7-8-10/h9-12H,3-8H2,1-2H3,(H2,14,15). The maximum absolute atomic E-state index is 6.02. The number of nitrogens with two attached hydrogens (primary N) is 1. The third-order valence-electron chi connectivity index (χ3n) is 3.95. The third-order valence-corrected chi connectivity index (χ3v) is 3.95. The number of hydrogen-bond acceptors (Lipinski definition) is 1. The van der Waals surface area contributed by atoms with Crippen LogP contribution in [0.4, 0.5) is 0 Å². The highest BCUT2D eigenvalue weighted by Gasteiger charge is 2.30. The summed E-state index contributed by atoms with van der Waals surface area (Å²) in [5.74, 6) is 3.12. The minimum absolute atomic E-state index is 0.527. The summed E-state index contributed by atoms with van der Waals surface area (Å²) in [6, 6.07) is 0.527. The Kier molecular flexibility index (Phi) is 3.32. The van der Waals surface area contributed by atoms with Crippen LogP contribution in [-0.4, -0.2) is 11.9 Å². The van der Waals surface area contributed by atoms with Gasteiger partial charge in [-0.15, -0.1) is 0 Å². The van der Waals surface area contributed by atoms with E-state index in [1.54, 1.807) is 0 Å². The fraction of sp³-hybridized carbons (Fsp3) is 0.923. The predicted molar refractivity (Wildman–Crippen MR) is 64.9 cm³/mol. The monoisotopic (exact) mass is 208 g/mol. The Bertz CT molecular complexity index is 241. The molecule has 2 nitrogen and oxygen atoms in total. The Hall–Kier alpha value is -0.530. The van der Waals surface area contributed by atoms with Crippen LogP contribution in [0.25, 0.3) is 0 Å². The Balaban J connectivity index is 2.00. The molecule has 86 valence electrons. The van der Waals surface area contributed by atoms with Crippen molar-refractivity contribution in [1.82, 2.24) is 0 Å². The van der Waals surface area contributed by atoms with E-state index in [-0.39, 0.29) is 0 Å². The summed E-state index contributed by atoms with van der Waals surface area (Å²) in [6.45, 7) is 4.65. The van der Waals surface area contributed by atoms with Gasteiger partial charge in [-0.25, -0.2) is 0 Å². The lowest BCUT2D eigenvalue weighted by atomic mass is 9.78. The van der Waals surface area contributed by atoms with Crippen LogP contribution in [0.1, 0.15) is 52.4 Å². The molecule has 2 aliphatic rings. The molecule has 2 aliphatic carbocycles. The van der Waals surface area contributed by atoms with Crippen LogP contribution < -0.4 is 5.73 Å². The minimum atomic E-state index is 0.527. The Morgan fingerprint density at radius 2 is 1.80 bits per heavy atom. The van der Waals surface area contributed by atoms with E-state index in [0.29, 0.717) is 12.0 Å². The van der Waals surface area contributed by atoms with Crippen LogP contribution in [0.3, 0.4) is 0 Å².